The van der Waals surface area contributed by atoms with Gasteiger partial charge < -0.3 is 11.1 Å². The van der Waals surface area contributed by atoms with Crippen molar-refractivity contribution in [1.29, 1.82) is 0 Å². The monoisotopic (exact) mass is 223 g/mol. The van der Waals surface area contributed by atoms with Crippen LogP contribution in [-0.2, 0) is 9.59 Å². The summed E-state index contributed by atoms with van der Waals surface area (Å²) in [6.45, 7) is 5.83. The van der Waals surface area contributed by atoms with Gasteiger partial charge in [-0.2, -0.15) is 4.99 Å². The quantitative estimate of drug-likeness (QED) is 0.622. The molecule has 1 atom stereocenters. The number of carbonyl (C=O) groups is 2. The van der Waals surface area contributed by atoms with Gasteiger partial charge >= 0.3 is 0 Å². The van der Waals surface area contributed by atoms with Gasteiger partial charge in [0.05, 0.1) is 6.04 Å². The highest BCUT2D eigenvalue weighted by molar-refractivity contribution is 6.21. The van der Waals surface area contributed by atoms with E-state index in [1.807, 2.05) is 20.8 Å². The van der Waals surface area contributed by atoms with E-state index in [1.54, 1.807) is 0 Å². The second kappa shape index (κ2) is 3.13. The van der Waals surface area contributed by atoms with Gasteiger partial charge in [-0.1, -0.05) is 20.8 Å². The first kappa shape index (κ1) is 11.3. The summed E-state index contributed by atoms with van der Waals surface area (Å²) in [5.74, 6) is -0.256. The van der Waals surface area contributed by atoms with Crippen LogP contribution < -0.4 is 11.1 Å². The lowest BCUT2D eigenvalue weighted by Crippen LogP contribution is -2.55. The molecule has 1 spiro atoms. The molecule has 1 aliphatic carbocycles. The van der Waals surface area contributed by atoms with Gasteiger partial charge in [-0.05, 0) is 18.3 Å². The molecule has 1 heterocycles. The molecule has 0 aromatic heterocycles. The van der Waals surface area contributed by atoms with Crippen molar-refractivity contribution in [1.82, 2.24) is 5.32 Å². The first-order chi connectivity index (χ1) is 7.27. The topological polar surface area (TPSA) is 84.5 Å². The van der Waals surface area contributed by atoms with E-state index in [4.69, 9.17) is 5.73 Å². The Morgan fingerprint density at radius 3 is 2.31 bits per heavy atom. The maximum Gasteiger partial charge on any atom is 0.263 e. The molecular formula is C11H17N3O2. The zero-order valence-corrected chi connectivity index (χ0v) is 9.83. The average Bonchev–Trinajstić information content (AvgIpc) is 2.92. The van der Waals surface area contributed by atoms with Crippen LogP contribution >= 0.6 is 0 Å². The van der Waals surface area contributed by atoms with E-state index in [0.29, 0.717) is 18.7 Å². The highest BCUT2D eigenvalue weighted by Crippen LogP contribution is 2.48. The van der Waals surface area contributed by atoms with E-state index in [2.05, 4.69) is 10.3 Å². The summed E-state index contributed by atoms with van der Waals surface area (Å²) >= 11 is 0. The Bertz CT molecular complexity index is 389. The zero-order valence-electron chi connectivity index (χ0n) is 9.83. The molecule has 0 aromatic rings. The summed E-state index contributed by atoms with van der Waals surface area (Å²) in [6, 6.07) is -0.434. The summed E-state index contributed by atoms with van der Waals surface area (Å²) in [6.07, 6.45) is 1.22. The van der Waals surface area contributed by atoms with Gasteiger partial charge in [-0.25, -0.2) is 0 Å². The number of carbonyl (C=O) groups excluding carboxylic acids is 2. The Labute approximate surface area is 94.5 Å². The minimum Gasteiger partial charge on any atom is -0.321 e. The number of amidine groups is 1. The molecular weight excluding hydrogens is 206 g/mol. The molecule has 3 N–H and O–H groups in total. The lowest BCUT2D eigenvalue weighted by Gasteiger charge is -2.31. The summed E-state index contributed by atoms with van der Waals surface area (Å²) in [5, 5.41) is 2.67. The summed E-state index contributed by atoms with van der Waals surface area (Å²) < 4.78 is 0. The molecule has 0 bridgehead atoms. The van der Waals surface area contributed by atoms with E-state index in [1.165, 1.54) is 0 Å². The Morgan fingerprint density at radius 2 is 1.94 bits per heavy atom. The average molecular weight is 223 g/mol. The molecule has 0 aromatic carbocycles. The van der Waals surface area contributed by atoms with Crippen molar-refractivity contribution in [3.05, 3.63) is 0 Å². The molecule has 1 aliphatic heterocycles. The molecule has 1 fully saturated rings. The van der Waals surface area contributed by atoms with Crippen LogP contribution in [0.1, 0.15) is 33.6 Å². The van der Waals surface area contributed by atoms with E-state index in [0.717, 1.165) is 0 Å². The van der Waals surface area contributed by atoms with Crippen molar-refractivity contribution in [3.8, 4) is 0 Å². The molecule has 1 unspecified atom stereocenters. The highest BCUT2D eigenvalue weighted by Gasteiger charge is 2.59. The van der Waals surface area contributed by atoms with Crippen molar-refractivity contribution in [2.24, 2.45) is 21.6 Å². The van der Waals surface area contributed by atoms with Crippen LogP contribution in [0.2, 0.25) is 0 Å². The number of hydrogen-bond donors (Lipinski definition) is 2. The molecule has 2 amide bonds. The SMILES string of the molecule is CC(C)(C)C(N)C1=NC(=O)C2(CC2)C(=O)N1. The van der Waals surface area contributed by atoms with Crippen LogP contribution in [0, 0.1) is 10.8 Å². The summed E-state index contributed by atoms with van der Waals surface area (Å²) in [4.78, 5) is 27.4. The van der Waals surface area contributed by atoms with E-state index < -0.39 is 11.5 Å². The van der Waals surface area contributed by atoms with Crippen LogP contribution in [0.5, 0.6) is 0 Å². The normalized spacial score (nSPS) is 25.1. The highest BCUT2D eigenvalue weighted by atomic mass is 16.2. The van der Waals surface area contributed by atoms with Crippen molar-refractivity contribution >= 4 is 17.6 Å². The fourth-order valence-corrected chi connectivity index (χ4v) is 1.70. The molecule has 5 nitrogen and oxygen atoms in total. The number of rotatable bonds is 1. The van der Waals surface area contributed by atoms with E-state index in [9.17, 15) is 9.59 Å². The van der Waals surface area contributed by atoms with Crippen LogP contribution in [0.3, 0.4) is 0 Å². The van der Waals surface area contributed by atoms with Crippen LogP contribution in [0.4, 0.5) is 0 Å². The fourth-order valence-electron chi connectivity index (χ4n) is 1.70. The van der Waals surface area contributed by atoms with Gasteiger partial charge in [-0.3, -0.25) is 9.59 Å². The van der Waals surface area contributed by atoms with Crippen molar-refractivity contribution < 1.29 is 9.59 Å². The maximum absolute atomic E-state index is 11.8. The predicted octanol–water partition coefficient (Wildman–Crippen LogP) is 0.195. The Kier molecular flexibility index (Phi) is 2.21. The number of hydrogen-bond acceptors (Lipinski definition) is 3. The summed E-state index contributed by atoms with van der Waals surface area (Å²) in [5.41, 5.74) is 4.88. The van der Waals surface area contributed by atoms with Crippen molar-refractivity contribution in [2.75, 3.05) is 0 Å². The van der Waals surface area contributed by atoms with Gasteiger partial charge in [0, 0.05) is 0 Å². The zero-order chi connectivity index (χ0) is 12.1. The maximum atomic E-state index is 11.8. The Balaban J connectivity index is 2.26. The van der Waals surface area contributed by atoms with Crippen LogP contribution in [0.15, 0.2) is 4.99 Å². The largest absolute Gasteiger partial charge is 0.321 e. The molecule has 2 rings (SSSR count). The van der Waals surface area contributed by atoms with Crippen molar-refractivity contribution in [3.63, 3.8) is 0 Å². The minimum absolute atomic E-state index is 0.234. The number of nitrogens with two attached hydrogens (primary N) is 1. The molecule has 0 saturated heterocycles. The second-order valence-corrected chi connectivity index (χ2v) is 5.68. The third-order valence-electron chi connectivity index (χ3n) is 3.29. The van der Waals surface area contributed by atoms with E-state index in [-0.39, 0.29) is 17.2 Å². The Hall–Kier alpha value is -1.23. The minimum atomic E-state index is -0.846. The lowest BCUT2D eigenvalue weighted by atomic mass is 9.86. The van der Waals surface area contributed by atoms with Crippen molar-refractivity contribution in [2.45, 2.75) is 39.7 Å². The molecule has 88 valence electrons. The number of amides is 2. The van der Waals surface area contributed by atoms with Gasteiger partial charge in [0.25, 0.3) is 5.91 Å². The predicted molar refractivity (Wildman–Crippen MR) is 59.7 cm³/mol. The standard InChI is InChI=1S/C11H17N3O2/c1-10(2,3)6(12)7-13-8(15)11(4-5-11)9(16)14-7/h6H,4-5,12H2,1-3H3,(H,13,14,15,16). The van der Waals surface area contributed by atoms with Gasteiger partial charge in [-0.15, -0.1) is 0 Å². The summed E-state index contributed by atoms with van der Waals surface area (Å²) in [7, 11) is 0. The fraction of sp³-hybridized carbons (Fsp3) is 0.727. The molecule has 5 heteroatoms. The Morgan fingerprint density at radius 1 is 1.38 bits per heavy atom. The van der Waals surface area contributed by atoms with Crippen LogP contribution in [0.25, 0.3) is 0 Å². The number of aliphatic imine (C=N–C) groups is 1. The third-order valence-corrected chi connectivity index (χ3v) is 3.29. The van der Waals surface area contributed by atoms with Gasteiger partial charge in [0.1, 0.15) is 11.3 Å². The smallest absolute Gasteiger partial charge is 0.263 e. The molecule has 0 radical (unpaired) electrons. The first-order valence-corrected chi connectivity index (χ1v) is 5.47. The third kappa shape index (κ3) is 1.55. The lowest BCUT2D eigenvalue weighted by molar-refractivity contribution is -0.135. The molecule has 16 heavy (non-hydrogen) atoms. The second-order valence-electron chi connectivity index (χ2n) is 5.68. The van der Waals surface area contributed by atoms with Gasteiger partial charge in [0.2, 0.25) is 5.91 Å². The van der Waals surface area contributed by atoms with E-state index >= 15 is 0 Å². The van der Waals surface area contributed by atoms with Gasteiger partial charge in [0.15, 0.2) is 0 Å². The molecule has 1 saturated carbocycles. The molecule has 2 aliphatic rings. The first-order valence-electron chi connectivity index (χ1n) is 5.47. The number of nitrogens with one attached hydrogen (secondary N) is 1. The number of nitrogens with zero attached hydrogens (tertiary/aromatic N) is 1. The van der Waals surface area contributed by atoms with Crippen LogP contribution in [-0.4, -0.2) is 23.7 Å².